The normalized spacial score (nSPS) is 15.1. The fourth-order valence-electron chi connectivity index (χ4n) is 3.64. The Morgan fingerprint density at radius 1 is 1.08 bits per heavy atom. The Morgan fingerprint density at radius 3 is 2.43 bits per heavy atom. The lowest BCUT2D eigenvalue weighted by molar-refractivity contribution is -0.145. The summed E-state index contributed by atoms with van der Waals surface area (Å²) < 4.78 is 5.86. The summed E-state index contributed by atoms with van der Waals surface area (Å²) in [4.78, 5) is 39.0. The number of carbonyl (C=O) groups excluding carboxylic acids is 2. The second-order valence-corrected chi connectivity index (χ2v) is 10.1. The first-order valence-electron chi connectivity index (χ1n) is 11.1. The van der Waals surface area contributed by atoms with Crippen LogP contribution in [0.5, 0.6) is 5.75 Å². The van der Waals surface area contributed by atoms with E-state index in [1.807, 2.05) is 12.1 Å². The second kappa shape index (κ2) is 12.1. The van der Waals surface area contributed by atoms with Crippen molar-refractivity contribution in [2.45, 2.75) is 12.5 Å². The lowest BCUT2D eigenvalue weighted by atomic mass is 10.0. The van der Waals surface area contributed by atoms with Crippen LogP contribution in [0, 0.1) is 0 Å². The largest absolute Gasteiger partial charge is 0.483 e. The fraction of sp³-hybridized carbons (Fsp3) is 0.111. The van der Waals surface area contributed by atoms with Gasteiger partial charge in [0.15, 0.2) is 6.61 Å². The number of aliphatic carboxylic acids is 1. The Labute approximate surface area is 228 Å². The molecule has 2 N–H and O–H groups in total. The second-order valence-electron chi connectivity index (χ2n) is 7.98. The first-order chi connectivity index (χ1) is 17.8. The van der Waals surface area contributed by atoms with E-state index in [1.165, 1.54) is 6.08 Å². The number of benzene rings is 3. The molecule has 37 heavy (non-hydrogen) atoms. The average molecular weight is 553 g/mol. The summed E-state index contributed by atoms with van der Waals surface area (Å²) in [7, 11) is 0. The van der Waals surface area contributed by atoms with Crippen molar-refractivity contribution in [2.75, 3.05) is 11.9 Å². The standard InChI is InChI=1S/C27H21ClN2O5S2/c28-19-11-12-22(35-16-24(31)29-20-9-5-2-6-10-20)18(14-19)15-23-25(32)30(27(36)37-23)21(26(33)34)13-17-7-3-1-4-8-17/h1-12,14-15,21H,13,16H2,(H,29,31)(H,33,34)/b23-15-. The molecule has 0 aromatic heterocycles. The van der Waals surface area contributed by atoms with Crippen LogP contribution in [0.4, 0.5) is 5.69 Å². The maximum absolute atomic E-state index is 13.3. The number of carbonyl (C=O) groups is 3. The van der Waals surface area contributed by atoms with Crippen LogP contribution in [-0.4, -0.2) is 44.8 Å². The molecule has 1 unspecified atom stereocenters. The number of thiocarbonyl (C=S) groups is 1. The van der Waals surface area contributed by atoms with Gasteiger partial charge in [0.25, 0.3) is 11.8 Å². The molecule has 188 valence electrons. The highest BCUT2D eigenvalue weighted by Crippen LogP contribution is 2.36. The summed E-state index contributed by atoms with van der Waals surface area (Å²) in [6.07, 6.45) is 1.65. The lowest BCUT2D eigenvalue weighted by Crippen LogP contribution is -2.45. The van der Waals surface area contributed by atoms with Crippen molar-refractivity contribution in [3.8, 4) is 5.75 Å². The molecule has 0 bridgehead atoms. The van der Waals surface area contributed by atoms with Crippen LogP contribution < -0.4 is 10.1 Å². The van der Waals surface area contributed by atoms with Crippen LogP contribution in [-0.2, 0) is 20.8 Å². The summed E-state index contributed by atoms with van der Waals surface area (Å²) in [5.74, 6) is -1.70. The zero-order chi connectivity index (χ0) is 26.4. The third-order valence-corrected chi connectivity index (χ3v) is 6.93. The molecule has 7 nitrogen and oxygen atoms in total. The van der Waals surface area contributed by atoms with E-state index in [-0.39, 0.29) is 28.2 Å². The molecule has 1 aliphatic rings. The van der Waals surface area contributed by atoms with Gasteiger partial charge in [0, 0.05) is 22.7 Å². The van der Waals surface area contributed by atoms with Gasteiger partial charge in [-0.15, -0.1) is 0 Å². The van der Waals surface area contributed by atoms with Gasteiger partial charge >= 0.3 is 5.97 Å². The van der Waals surface area contributed by atoms with Crippen molar-refractivity contribution >= 4 is 69.4 Å². The van der Waals surface area contributed by atoms with Crippen molar-refractivity contribution in [1.29, 1.82) is 0 Å². The van der Waals surface area contributed by atoms with Crippen LogP contribution in [0.15, 0.2) is 83.8 Å². The van der Waals surface area contributed by atoms with Gasteiger partial charge in [-0.1, -0.05) is 84.1 Å². The van der Waals surface area contributed by atoms with Gasteiger partial charge in [0.1, 0.15) is 16.1 Å². The fourth-order valence-corrected chi connectivity index (χ4v) is 5.17. The van der Waals surface area contributed by atoms with Crippen LogP contribution in [0.2, 0.25) is 5.02 Å². The number of hydrogen-bond donors (Lipinski definition) is 2. The van der Waals surface area contributed by atoms with Gasteiger partial charge in [0.2, 0.25) is 0 Å². The number of halogens is 1. The summed E-state index contributed by atoms with van der Waals surface area (Å²) in [5, 5.41) is 13.0. The van der Waals surface area contributed by atoms with Crippen LogP contribution in [0.25, 0.3) is 6.08 Å². The van der Waals surface area contributed by atoms with Gasteiger partial charge in [-0.3, -0.25) is 14.5 Å². The average Bonchev–Trinajstić information content (AvgIpc) is 3.15. The van der Waals surface area contributed by atoms with Crippen molar-refractivity contribution < 1.29 is 24.2 Å². The number of nitrogens with zero attached hydrogens (tertiary/aromatic N) is 1. The van der Waals surface area contributed by atoms with Gasteiger partial charge in [-0.25, -0.2) is 4.79 Å². The van der Waals surface area contributed by atoms with E-state index in [2.05, 4.69) is 5.32 Å². The van der Waals surface area contributed by atoms with E-state index in [0.29, 0.717) is 22.0 Å². The summed E-state index contributed by atoms with van der Waals surface area (Å²) in [5.41, 5.74) is 1.86. The van der Waals surface area contributed by atoms with Crippen LogP contribution >= 0.6 is 35.6 Å². The van der Waals surface area contributed by atoms with E-state index in [0.717, 1.165) is 22.2 Å². The molecule has 1 saturated heterocycles. The molecule has 0 aliphatic carbocycles. The molecule has 1 aliphatic heterocycles. The molecule has 0 saturated carbocycles. The van der Waals surface area contributed by atoms with E-state index in [1.54, 1.807) is 66.7 Å². The molecule has 4 rings (SSSR count). The third-order valence-electron chi connectivity index (χ3n) is 5.37. The molecule has 10 heteroatoms. The highest BCUT2D eigenvalue weighted by molar-refractivity contribution is 8.26. The van der Waals surface area contributed by atoms with Gasteiger partial charge in [0.05, 0.1) is 4.91 Å². The number of carboxylic acids is 1. The summed E-state index contributed by atoms with van der Waals surface area (Å²) >= 11 is 12.6. The van der Waals surface area contributed by atoms with Crippen molar-refractivity contribution in [1.82, 2.24) is 4.90 Å². The van der Waals surface area contributed by atoms with Crippen molar-refractivity contribution in [3.63, 3.8) is 0 Å². The molecule has 2 amide bonds. The number of nitrogens with one attached hydrogen (secondary N) is 1. The number of rotatable bonds is 9. The number of amides is 2. The number of ether oxygens (including phenoxy) is 1. The Kier molecular flexibility index (Phi) is 8.60. The number of hydrogen-bond acceptors (Lipinski definition) is 6. The highest BCUT2D eigenvalue weighted by atomic mass is 35.5. The lowest BCUT2D eigenvalue weighted by Gasteiger charge is -2.23. The number of anilines is 1. The Morgan fingerprint density at radius 2 is 1.76 bits per heavy atom. The van der Waals surface area contributed by atoms with E-state index in [9.17, 15) is 19.5 Å². The van der Waals surface area contributed by atoms with Gasteiger partial charge in [-0.2, -0.15) is 0 Å². The topological polar surface area (TPSA) is 95.9 Å². The highest BCUT2D eigenvalue weighted by Gasteiger charge is 2.40. The molecular weight excluding hydrogens is 532 g/mol. The predicted molar refractivity (Wildman–Crippen MR) is 149 cm³/mol. The summed E-state index contributed by atoms with van der Waals surface area (Å²) in [6, 6.07) is 21.7. The minimum absolute atomic E-state index is 0.109. The molecule has 1 heterocycles. The monoisotopic (exact) mass is 552 g/mol. The molecular formula is C27H21ClN2O5S2. The molecule has 0 radical (unpaired) electrons. The molecule has 1 fully saturated rings. The zero-order valence-electron chi connectivity index (χ0n) is 19.3. The molecule has 1 atom stereocenters. The maximum Gasteiger partial charge on any atom is 0.327 e. The van der Waals surface area contributed by atoms with E-state index < -0.39 is 17.9 Å². The van der Waals surface area contributed by atoms with Crippen LogP contribution in [0.3, 0.4) is 0 Å². The Balaban J connectivity index is 1.52. The van der Waals surface area contributed by atoms with Crippen molar-refractivity contribution in [3.05, 3.63) is 99.9 Å². The molecule has 3 aromatic carbocycles. The third kappa shape index (κ3) is 6.76. The first kappa shape index (κ1) is 26.4. The number of carboxylic acid groups (broad SMARTS) is 1. The smallest absolute Gasteiger partial charge is 0.327 e. The van der Waals surface area contributed by atoms with Crippen LogP contribution in [0.1, 0.15) is 11.1 Å². The minimum atomic E-state index is -1.16. The van der Waals surface area contributed by atoms with E-state index >= 15 is 0 Å². The molecule has 0 spiro atoms. The van der Waals surface area contributed by atoms with Crippen molar-refractivity contribution in [2.24, 2.45) is 0 Å². The maximum atomic E-state index is 13.3. The minimum Gasteiger partial charge on any atom is -0.483 e. The molecule has 3 aromatic rings. The zero-order valence-corrected chi connectivity index (χ0v) is 21.7. The predicted octanol–water partition coefficient (Wildman–Crippen LogP) is 5.25. The first-order valence-corrected chi connectivity index (χ1v) is 12.7. The van der Waals surface area contributed by atoms with Gasteiger partial charge in [-0.05, 0) is 42.0 Å². The van der Waals surface area contributed by atoms with Gasteiger partial charge < -0.3 is 15.2 Å². The Bertz CT molecular complexity index is 1370. The summed E-state index contributed by atoms with van der Waals surface area (Å²) in [6.45, 7) is -0.267. The SMILES string of the molecule is O=C(COc1ccc(Cl)cc1/C=C1\SC(=S)N(C(Cc2ccccc2)C(=O)O)C1=O)Nc1ccccc1. The number of para-hydroxylation sites is 1. The quantitative estimate of drug-likeness (QED) is 0.276. The number of thioether (sulfide) groups is 1. The van der Waals surface area contributed by atoms with E-state index in [4.69, 9.17) is 28.6 Å². The Hall–Kier alpha value is -3.66.